The molecule has 0 aliphatic carbocycles. The van der Waals surface area contributed by atoms with E-state index < -0.39 is 0 Å². The molecule has 0 N–H and O–H groups in total. The molecule has 0 spiro atoms. The standard InChI is InChI=1S/C28H20.C27H31N3.CO.Ru/c1-5-13-23(14-6-1)21-27(25-17-9-3-10-18-25)28(26-19-11-4-12-20-26)22-24-15-7-2-8-16-24;1-16-12-18(3)26(19(4)13-16)28-22(7)24-10-9-11-25(30-24)23(8)29-27-20(5)14-17(2)15-21(27)6;1-2;/h1-20H;9-15H,1-8H3;;/q-2;;;+2. The summed E-state index contributed by atoms with van der Waals surface area (Å²) in [7, 11) is 0. The van der Waals surface area contributed by atoms with Crippen LogP contribution in [0.1, 0.15) is 80.9 Å². The molecule has 1 heterocycles. The van der Waals surface area contributed by atoms with Crippen molar-refractivity contribution in [3.8, 4) is 0 Å². The number of hydrogen-bond donors (Lipinski definition) is 0. The van der Waals surface area contributed by atoms with Gasteiger partial charge in [-0.1, -0.05) is 139 Å². The van der Waals surface area contributed by atoms with Gasteiger partial charge in [-0.25, -0.2) is 4.98 Å². The maximum absolute atomic E-state index is 7.50. The van der Waals surface area contributed by atoms with Crippen molar-refractivity contribution in [2.75, 3.05) is 0 Å². The van der Waals surface area contributed by atoms with Crippen LogP contribution in [0, 0.1) is 60.3 Å². The molecule has 0 saturated carbocycles. The van der Waals surface area contributed by atoms with E-state index in [1.54, 1.807) is 0 Å². The number of aliphatic imine (C=N–C) groups is 2. The zero-order valence-corrected chi connectivity index (χ0v) is 37.9. The van der Waals surface area contributed by atoms with E-state index in [0.29, 0.717) is 0 Å². The van der Waals surface area contributed by atoms with Gasteiger partial charge in [0.05, 0.1) is 34.2 Å². The first-order valence-corrected chi connectivity index (χ1v) is 20.0. The van der Waals surface area contributed by atoms with Crippen molar-refractivity contribution in [3.05, 3.63) is 250 Å². The Hall–Kier alpha value is -6.35. The number of nitrogens with zero attached hydrogens (tertiary/aromatic N) is 3. The molecular formula is C56H51N3ORu. The molecule has 0 unspecified atom stereocenters. The van der Waals surface area contributed by atoms with Crippen molar-refractivity contribution in [3.63, 3.8) is 0 Å². The second-order valence-electron chi connectivity index (χ2n) is 14.8. The van der Waals surface area contributed by atoms with Crippen LogP contribution >= 0.6 is 0 Å². The van der Waals surface area contributed by atoms with Gasteiger partial charge in [0, 0.05) is 0 Å². The number of aryl methyl sites for hydroxylation is 6. The summed E-state index contributed by atoms with van der Waals surface area (Å²) >= 11 is 0. The van der Waals surface area contributed by atoms with Gasteiger partial charge in [0.25, 0.3) is 0 Å². The Morgan fingerprint density at radius 3 is 1.05 bits per heavy atom. The summed E-state index contributed by atoms with van der Waals surface area (Å²) in [5, 5.41) is 0. The first kappa shape index (κ1) is 47.3. The van der Waals surface area contributed by atoms with Crippen LogP contribution in [0.15, 0.2) is 174 Å². The smallest absolute Gasteiger partial charge is 0.174 e. The summed E-state index contributed by atoms with van der Waals surface area (Å²) in [5.41, 5.74) is 19.3. The summed E-state index contributed by atoms with van der Waals surface area (Å²) in [5.74, 6) is 0. The SMILES string of the molecule is CC(=Nc1c(C)cc(C)cc1C)c1cccc(C(C)=Nc2c(C)cc(C)cc2C)n1.[C-]#[O+].[C-](=C(C(=[C-]c1ccccc1)c1ccccc1)c1ccccc1)c1ccccc1.[Ru+2]. The molecule has 7 aromatic rings. The van der Waals surface area contributed by atoms with Gasteiger partial charge in [0.2, 0.25) is 0 Å². The van der Waals surface area contributed by atoms with Gasteiger partial charge in [-0.2, -0.15) is 23.3 Å². The van der Waals surface area contributed by atoms with E-state index in [-0.39, 0.29) is 19.5 Å². The molecule has 0 aliphatic rings. The van der Waals surface area contributed by atoms with Crippen LogP contribution in [0.25, 0.3) is 11.1 Å². The molecule has 6 aromatic carbocycles. The Morgan fingerprint density at radius 1 is 0.443 bits per heavy atom. The Bertz CT molecular complexity index is 2430. The normalized spacial score (nSPS) is 11.6. The molecule has 0 bridgehead atoms. The van der Waals surface area contributed by atoms with Crippen molar-refractivity contribution in [2.24, 2.45) is 9.98 Å². The van der Waals surface area contributed by atoms with Gasteiger partial charge in [0.15, 0.2) is 0 Å². The number of aromatic nitrogens is 1. The summed E-state index contributed by atoms with van der Waals surface area (Å²) in [6.07, 6.45) is 7.26. The third-order valence-electron chi connectivity index (χ3n) is 9.78. The molecule has 0 amide bonds. The number of benzene rings is 6. The molecule has 304 valence electrons. The summed E-state index contributed by atoms with van der Waals surface area (Å²) in [6.45, 7) is 21.2. The van der Waals surface area contributed by atoms with Gasteiger partial charge < -0.3 is 0 Å². The Labute approximate surface area is 376 Å². The van der Waals surface area contributed by atoms with Crippen molar-refractivity contribution < 1.29 is 24.1 Å². The summed E-state index contributed by atoms with van der Waals surface area (Å²) < 4.78 is 7.50. The average Bonchev–Trinajstić information content (AvgIpc) is 3.27. The van der Waals surface area contributed by atoms with E-state index >= 15 is 0 Å². The van der Waals surface area contributed by atoms with E-state index in [2.05, 4.69) is 157 Å². The van der Waals surface area contributed by atoms with Gasteiger partial charge in [-0.15, -0.1) is 46.5 Å². The van der Waals surface area contributed by atoms with E-state index in [0.717, 1.165) is 67.6 Å². The third kappa shape index (κ3) is 13.3. The molecule has 0 atom stereocenters. The third-order valence-corrected chi connectivity index (χ3v) is 9.78. The monoisotopic (exact) mass is 883 g/mol. The van der Waals surface area contributed by atoms with Crippen LogP contribution in [0.4, 0.5) is 11.4 Å². The van der Waals surface area contributed by atoms with Crippen LogP contribution in [0.5, 0.6) is 0 Å². The Balaban J connectivity index is 0.000000255. The molecule has 0 radical (unpaired) electrons. The molecule has 0 aliphatic heterocycles. The minimum Gasteiger partial charge on any atom is -0.174 e. The molecule has 0 saturated heterocycles. The van der Waals surface area contributed by atoms with E-state index in [9.17, 15) is 0 Å². The summed E-state index contributed by atoms with van der Waals surface area (Å²) in [4.78, 5) is 14.7. The predicted octanol–water partition coefficient (Wildman–Crippen LogP) is 14.0. The number of pyridine rings is 1. The molecular weight excluding hydrogens is 832 g/mol. The first-order valence-electron chi connectivity index (χ1n) is 20.0. The number of allylic oxidation sites excluding steroid dienone is 2. The van der Waals surface area contributed by atoms with Crippen LogP contribution in [0.3, 0.4) is 0 Å². The van der Waals surface area contributed by atoms with Crippen LogP contribution in [0.2, 0.25) is 0 Å². The maximum Gasteiger partial charge on any atom is 2.00 e. The molecule has 4 nitrogen and oxygen atoms in total. The first-order chi connectivity index (χ1) is 29.0. The van der Waals surface area contributed by atoms with Gasteiger partial charge in [0.1, 0.15) is 0 Å². The minimum absolute atomic E-state index is 0. The van der Waals surface area contributed by atoms with Crippen molar-refractivity contribution >= 4 is 33.9 Å². The van der Waals surface area contributed by atoms with Crippen molar-refractivity contribution in [1.82, 2.24) is 4.98 Å². The predicted molar refractivity (Wildman–Crippen MR) is 250 cm³/mol. The average molecular weight is 883 g/mol. The molecule has 0 fully saturated rings. The van der Waals surface area contributed by atoms with Crippen LogP contribution in [-0.2, 0) is 24.1 Å². The van der Waals surface area contributed by atoms with E-state index in [1.165, 1.54) is 33.4 Å². The van der Waals surface area contributed by atoms with Crippen LogP contribution in [-0.4, -0.2) is 16.4 Å². The molecule has 61 heavy (non-hydrogen) atoms. The van der Waals surface area contributed by atoms with Crippen molar-refractivity contribution in [2.45, 2.75) is 55.4 Å². The molecule has 7 rings (SSSR count). The quantitative estimate of drug-likeness (QED) is 0.0356. The zero-order chi connectivity index (χ0) is 43.0. The molecule has 1 aromatic heterocycles. The largest absolute Gasteiger partial charge is 2.00 e. The van der Waals surface area contributed by atoms with Gasteiger partial charge >= 0.3 is 30.8 Å². The second kappa shape index (κ2) is 23.4. The second-order valence-corrected chi connectivity index (χ2v) is 14.8. The fourth-order valence-electron chi connectivity index (χ4n) is 7.08. The van der Waals surface area contributed by atoms with E-state index in [1.807, 2.05) is 80.6 Å². The van der Waals surface area contributed by atoms with Gasteiger partial charge in [-0.05, 0) is 89.8 Å². The number of hydrogen-bond acceptors (Lipinski definition) is 3. The van der Waals surface area contributed by atoms with Crippen molar-refractivity contribution in [1.29, 1.82) is 0 Å². The Morgan fingerprint density at radius 2 is 0.738 bits per heavy atom. The van der Waals surface area contributed by atoms with Gasteiger partial charge in [-0.3, -0.25) is 9.98 Å². The van der Waals surface area contributed by atoms with E-state index in [4.69, 9.17) is 19.6 Å². The summed E-state index contributed by atoms with van der Waals surface area (Å²) in [6, 6.07) is 56.1. The number of rotatable bonds is 9. The fraction of sp³-hybridized carbons (Fsp3) is 0.143. The van der Waals surface area contributed by atoms with Crippen LogP contribution < -0.4 is 0 Å². The topological polar surface area (TPSA) is 57.5 Å². The molecule has 5 heteroatoms. The minimum atomic E-state index is 0. The Kier molecular flexibility index (Phi) is 18.2. The maximum atomic E-state index is 7.50. The fourth-order valence-corrected chi connectivity index (χ4v) is 7.08. The zero-order valence-electron chi connectivity index (χ0n) is 36.2.